The molecule has 0 atom stereocenters. The molecule has 0 aliphatic rings. The predicted octanol–water partition coefficient (Wildman–Crippen LogP) is 2.17. The zero-order valence-electron chi connectivity index (χ0n) is 11.9. The van der Waals surface area contributed by atoms with E-state index in [0.717, 1.165) is 5.69 Å². The number of hydrogen-bond acceptors (Lipinski definition) is 4. The van der Waals surface area contributed by atoms with Crippen molar-refractivity contribution < 1.29 is 18.3 Å². The number of carbonyl (C=O) groups is 1. The van der Waals surface area contributed by atoms with E-state index in [2.05, 4.69) is 0 Å². The van der Waals surface area contributed by atoms with Crippen molar-refractivity contribution in [2.45, 2.75) is 31.6 Å². The molecule has 0 aliphatic heterocycles. The maximum atomic E-state index is 11.9. The van der Waals surface area contributed by atoms with Crippen LogP contribution in [-0.4, -0.2) is 38.3 Å². The van der Waals surface area contributed by atoms with Gasteiger partial charge in [0.2, 0.25) is 0 Å². The summed E-state index contributed by atoms with van der Waals surface area (Å²) in [5.74, 6) is -0.700. The Bertz CT molecular complexity index is 537. The van der Waals surface area contributed by atoms with Crippen LogP contribution in [0.3, 0.4) is 0 Å². The van der Waals surface area contributed by atoms with Gasteiger partial charge in [-0.2, -0.15) is 0 Å². The molecule has 0 saturated heterocycles. The third kappa shape index (κ3) is 4.52. The van der Waals surface area contributed by atoms with Crippen LogP contribution >= 0.6 is 0 Å². The first-order valence-corrected chi connectivity index (χ1v) is 8.35. The summed E-state index contributed by atoms with van der Waals surface area (Å²) >= 11 is 0. The molecule has 0 bridgehead atoms. The molecule has 0 saturated carbocycles. The molecule has 0 heterocycles. The molecule has 0 fully saturated rings. The summed E-state index contributed by atoms with van der Waals surface area (Å²) in [5.41, 5.74) is 0.837. The molecule has 1 rings (SSSR count). The number of carboxylic acid groups (broad SMARTS) is 1. The second-order valence-corrected chi connectivity index (χ2v) is 6.65. The highest BCUT2D eigenvalue weighted by atomic mass is 32.2. The van der Waals surface area contributed by atoms with Crippen LogP contribution in [0.5, 0.6) is 0 Å². The van der Waals surface area contributed by atoms with E-state index in [-0.39, 0.29) is 12.2 Å². The molecule has 0 unspecified atom stereocenters. The van der Waals surface area contributed by atoms with E-state index in [1.165, 1.54) is 0 Å². The monoisotopic (exact) mass is 299 g/mol. The lowest BCUT2D eigenvalue weighted by Gasteiger charge is -2.22. The van der Waals surface area contributed by atoms with Crippen molar-refractivity contribution >= 4 is 21.5 Å². The van der Waals surface area contributed by atoms with Crippen LogP contribution in [0.2, 0.25) is 0 Å². The Labute approximate surface area is 120 Å². The largest absolute Gasteiger partial charge is 0.481 e. The Morgan fingerprint density at radius 2 is 1.80 bits per heavy atom. The topological polar surface area (TPSA) is 74.7 Å². The van der Waals surface area contributed by atoms with Gasteiger partial charge in [-0.05, 0) is 37.6 Å². The number of benzene rings is 1. The lowest BCUT2D eigenvalue weighted by atomic mass is 10.2. The van der Waals surface area contributed by atoms with E-state index >= 15 is 0 Å². The van der Waals surface area contributed by atoms with Gasteiger partial charge in [0.15, 0.2) is 9.84 Å². The van der Waals surface area contributed by atoms with Gasteiger partial charge >= 0.3 is 5.97 Å². The molecular weight excluding hydrogens is 278 g/mol. The molecule has 1 aromatic rings. The van der Waals surface area contributed by atoms with Crippen molar-refractivity contribution in [1.82, 2.24) is 0 Å². The Hall–Kier alpha value is -1.56. The maximum Gasteiger partial charge on any atom is 0.305 e. The van der Waals surface area contributed by atoms with E-state index in [4.69, 9.17) is 5.11 Å². The highest BCUT2D eigenvalue weighted by Crippen LogP contribution is 2.19. The van der Waals surface area contributed by atoms with Crippen LogP contribution < -0.4 is 4.90 Å². The van der Waals surface area contributed by atoms with E-state index < -0.39 is 15.8 Å². The number of rotatable bonds is 8. The van der Waals surface area contributed by atoms with E-state index in [0.29, 0.717) is 24.4 Å². The minimum absolute atomic E-state index is 0.0593. The molecule has 0 radical (unpaired) electrons. The first-order chi connectivity index (χ1) is 9.40. The normalized spacial score (nSPS) is 11.3. The van der Waals surface area contributed by atoms with Crippen molar-refractivity contribution in [3.63, 3.8) is 0 Å². The summed E-state index contributed by atoms with van der Waals surface area (Å²) in [4.78, 5) is 12.8. The summed E-state index contributed by atoms with van der Waals surface area (Å²) in [6.07, 6.45) is 0.646. The zero-order chi connectivity index (χ0) is 15.2. The van der Waals surface area contributed by atoms with Gasteiger partial charge in [0.1, 0.15) is 0 Å². The molecule has 0 aliphatic carbocycles. The van der Waals surface area contributed by atoms with Crippen LogP contribution in [0.4, 0.5) is 5.69 Å². The van der Waals surface area contributed by atoms with Crippen molar-refractivity contribution in [3.8, 4) is 0 Å². The smallest absolute Gasteiger partial charge is 0.305 e. The van der Waals surface area contributed by atoms with Gasteiger partial charge in [0.05, 0.1) is 17.1 Å². The molecule has 20 heavy (non-hydrogen) atoms. The number of sulfone groups is 1. The summed E-state index contributed by atoms with van der Waals surface area (Å²) in [6, 6.07) is 6.63. The van der Waals surface area contributed by atoms with Gasteiger partial charge in [-0.25, -0.2) is 8.42 Å². The molecule has 0 aromatic heterocycles. The fourth-order valence-electron chi connectivity index (χ4n) is 1.95. The number of carboxylic acids is 1. The van der Waals surface area contributed by atoms with Crippen LogP contribution in [0.15, 0.2) is 29.2 Å². The fourth-order valence-corrected chi connectivity index (χ4v) is 3.28. The number of aliphatic carboxylic acids is 1. The third-order valence-electron chi connectivity index (χ3n) is 3.01. The zero-order valence-corrected chi connectivity index (χ0v) is 12.7. The van der Waals surface area contributed by atoms with Crippen molar-refractivity contribution in [1.29, 1.82) is 0 Å². The molecule has 0 spiro atoms. The average molecular weight is 299 g/mol. The minimum atomic E-state index is -3.20. The van der Waals surface area contributed by atoms with Crippen LogP contribution in [-0.2, 0) is 14.6 Å². The Morgan fingerprint density at radius 1 is 1.20 bits per heavy atom. The average Bonchev–Trinajstić information content (AvgIpc) is 2.39. The van der Waals surface area contributed by atoms with Gasteiger partial charge < -0.3 is 10.0 Å². The highest BCUT2D eigenvalue weighted by molar-refractivity contribution is 7.91. The number of nitrogens with zero attached hydrogens (tertiary/aromatic N) is 1. The fraction of sp³-hybridized carbons (Fsp3) is 0.500. The van der Waals surface area contributed by atoms with Gasteiger partial charge in [-0.1, -0.05) is 6.92 Å². The summed E-state index contributed by atoms with van der Waals surface area (Å²) in [7, 11) is -3.20. The summed E-state index contributed by atoms with van der Waals surface area (Å²) in [6.45, 7) is 4.85. The Kier molecular flexibility index (Phi) is 6.01. The first-order valence-electron chi connectivity index (χ1n) is 6.70. The van der Waals surface area contributed by atoms with E-state index in [1.54, 1.807) is 24.3 Å². The van der Waals surface area contributed by atoms with Crippen molar-refractivity contribution in [2.24, 2.45) is 0 Å². The van der Waals surface area contributed by atoms with Crippen molar-refractivity contribution in [2.75, 3.05) is 23.7 Å². The highest BCUT2D eigenvalue weighted by Gasteiger charge is 2.14. The van der Waals surface area contributed by atoms with Crippen LogP contribution in [0.25, 0.3) is 0 Å². The van der Waals surface area contributed by atoms with Gasteiger partial charge in [-0.15, -0.1) is 0 Å². The molecule has 1 N–H and O–H groups in total. The van der Waals surface area contributed by atoms with E-state index in [1.807, 2.05) is 18.7 Å². The predicted molar refractivity (Wildman–Crippen MR) is 78.9 cm³/mol. The van der Waals surface area contributed by atoms with Crippen LogP contribution in [0.1, 0.15) is 26.7 Å². The third-order valence-corrected chi connectivity index (χ3v) is 4.95. The Balaban J connectivity index is 2.86. The standard InChI is InChI=1S/C14H21NO4S/c1-3-11-20(18,19)13-7-5-12(6-8-13)15(4-2)10-9-14(16)17/h5-8H,3-4,9-11H2,1-2H3,(H,16,17). The molecule has 5 nitrogen and oxygen atoms in total. The number of hydrogen-bond donors (Lipinski definition) is 1. The molecular formula is C14H21NO4S. The lowest BCUT2D eigenvalue weighted by molar-refractivity contribution is -0.136. The molecule has 6 heteroatoms. The quantitative estimate of drug-likeness (QED) is 0.796. The SMILES string of the molecule is CCCS(=O)(=O)c1ccc(N(CC)CCC(=O)O)cc1. The molecule has 0 amide bonds. The summed E-state index contributed by atoms with van der Waals surface area (Å²) < 4.78 is 23.8. The van der Waals surface area contributed by atoms with Gasteiger partial charge in [0, 0.05) is 18.8 Å². The maximum absolute atomic E-state index is 11.9. The number of anilines is 1. The van der Waals surface area contributed by atoms with Crippen LogP contribution in [0, 0.1) is 0 Å². The van der Waals surface area contributed by atoms with E-state index in [9.17, 15) is 13.2 Å². The Morgan fingerprint density at radius 3 is 2.25 bits per heavy atom. The van der Waals surface area contributed by atoms with Gasteiger partial charge in [-0.3, -0.25) is 4.79 Å². The minimum Gasteiger partial charge on any atom is -0.481 e. The second kappa shape index (κ2) is 7.28. The second-order valence-electron chi connectivity index (χ2n) is 4.54. The molecule has 112 valence electrons. The molecule has 1 aromatic carbocycles. The van der Waals surface area contributed by atoms with Crippen molar-refractivity contribution in [3.05, 3.63) is 24.3 Å². The van der Waals surface area contributed by atoms with Gasteiger partial charge in [0.25, 0.3) is 0 Å². The summed E-state index contributed by atoms with van der Waals surface area (Å²) in [5, 5.41) is 8.71. The first kappa shape index (κ1) is 16.5. The lowest BCUT2D eigenvalue weighted by Crippen LogP contribution is -2.25.